The third-order valence-corrected chi connectivity index (χ3v) is 5.10. The number of hydrogen-bond donors (Lipinski definition) is 3. The van der Waals surface area contributed by atoms with E-state index in [2.05, 4.69) is 19.9 Å². The van der Waals surface area contributed by atoms with E-state index in [0.29, 0.717) is 30.8 Å². The maximum absolute atomic E-state index is 10.3. The fraction of sp³-hybridized carbons (Fsp3) is 0.714. The van der Waals surface area contributed by atoms with Crippen LogP contribution in [0.1, 0.15) is 32.3 Å². The summed E-state index contributed by atoms with van der Waals surface area (Å²) in [7, 11) is 4.95. The van der Waals surface area contributed by atoms with E-state index in [1.807, 2.05) is 12.1 Å². The molecule has 1 rings (SSSR count). The van der Waals surface area contributed by atoms with Crippen molar-refractivity contribution in [2.24, 2.45) is 23.3 Å². The van der Waals surface area contributed by atoms with Gasteiger partial charge in [-0.15, -0.1) is 0 Å². The van der Waals surface area contributed by atoms with Crippen molar-refractivity contribution in [3.05, 3.63) is 23.8 Å². The Labute approximate surface area is 176 Å². The Balaban J connectivity index is 2.88. The molecule has 1 unspecified atom stereocenters. The van der Waals surface area contributed by atoms with E-state index in [-0.39, 0.29) is 19.1 Å². The van der Waals surface area contributed by atoms with Crippen molar-refractivity contribution in [3.63, 3.8) is 0 Å². The first-order chi connectivity index (χ1) is 14.0. The minimum Gasteiger partial charge on any atom is -0.493 e. The zero-order valence-electron chi connectivity index (χ0n) is 18.3. The molecule has 0 spiro atoms. The van der Waals surface area contributed by atoms with Gasteiger partial charge in [-0.05, 0) is 48.2 Å². The van der Waals surface area contributed by atoms with Crippen LogP contribution in [0.25, 0.3) is 0 Å². The average Bonchev–Trinajstić information content (AvgIpc) is 2.72. The smallest absolute Gasteiger partial charge is 0.300 e. The van der Waals surface area contributed by atoms with Gasteiger partial charge in [0.25, 0.3) is 7.48 Å². The molecule has 7 nitrogen and oxygen atoms in total. The van der Waals surface area contributed by atoms with Gasteiger partial charge in [0.1, 0.15) is 0 Å². The molecule has 0 aliphatic rings. The number of methoxy groups -OCH3 is 2. The van der Waals surface area contributed by atoms with Crippen molar-refractivity contribution in [3.8, 4) is 11.5 Å². The Morgan fingerprint density at radius 2 is 1.86 bits per heavy atom. The van der Waals surface area contributed by atoms with Gasteiger partial charge in [-0.1, -0.05) is 19.9 Å². The average molecular weight is 409 g/mol. The fourth-order valence-electron chi connectivity index (χ4n) is 3.25. The summed E-state index contributed by atoms with van der Waals surface area (Å²) in [6.07, 6.45) is 1.76. The molecule has 29 heavy (non-hydrogen) atoms. The quantitative estimate of drug-likeness (QED) is 0.218. The number of ether oxygens (including phenoxy) is 3. The number of nitrogens with two attached hydrogens (primary N) is 2. The fourth-order valence-corrected chi connectivity index (χ4v) is 3.25. The van der Waals surface area contributed by atoms with Crippen LogP contribution in [0.5, 0.6) is 11.5 Å². The first kappa shape index (κ1) is 25.7. The Hall–Kier alpha value is -1.32. The van der Waals surface area contributed by atoms with E-state index in [9.17, 15) is 5.11 Å². The maximum atomic E-state index is 10.3. The lowest BCUT2D eigenvalue weighted by Gasteiger charge is -2.28. The molecule has 0 aliphatic heterocycles. The van der Waals surface area contributed by atoms with Crippen LogP contribution in [-0.4, -0.2) is 59.4 Å². The van der Waals surface area contributed by atoms with Crippen molar-refractivity contribution in [2.45, 2.75) is 45.0 Å². The summed E-state index contributed by atoms with van der Waals surface area (Å²) in [6.45, 7) is 5.86. The number of aliphatic hydroxyl groups excluding tert-OH is 1. The van der Waals surface area contributed by atoms with Gasteiger partial charge in [-0.3, -0.25) is 0 Å². The van der Waals surface area contributed by atoms with Gasteiger partial charge in [0, 0.05) is 26.7 Å². The molecule has 0 amide bonds. The van der Waals surface area contributed by atoms with Crippen molar-refractivity contribution in [1.29, 1.82) is 0 Å². The van der Waals surface area contributed by atoms with Crippen molar-refractivity contribution >= 4 is 7.48 Å². The predicted octanol–water partition coefficient (Wildman–Crippen LogP) is 1.98. The van der Waals surface area contributed by atoms with Crippen LogP contribution in [-0.2, 0) is 15.8 Å². The molecule has 5 N–H and O–H groups in total. The highest BCUT2D eigenvalue weighted by atomic mass is 16.5. The number of benzene rings is 1. The molecule has 0 saturated carbocycles. The van der Waals surface area contributed by atoms with E-state index in [0.717, 1.165) is 30.6 Å². The number of aliphatic hydroxyl groups is 1. The summed E-state index contributed by atoms with van der Waals surface area (Å²) in [6, 6.07) is 6.04. The van der Waals surface area contributed by atoms with E-state index in [1.165, 1.54) is 0 Å². The summed E-state index contributed by atoms with van der Waals surface area (Å²) in [5.41, 5.74) is 12.3. The Morgan fingerprint density at radius 3 is 2.45 bits per heavy atom. The molecule has 0 saturated heterocycles. The van der Waals surface area contributed by atoms with Gasteiger partial charge in [0.15, 0.2) is 11.5 Å². The van der Waals surface area contributed by atoms with Crippen LogP contribution in [0.4, 0.5) is 0 Å². The summed E-state index contributed by atoms with van der Waals surface area (Å²) < 4.78 is 21.7. The molecule has 3 atom stereocenters. The Bertz CT molecular complexity index is 562. The van der Waals surface area contributed by atoms with Crippen molar-refractivity contribution in [1.82, 2.24) is 0 Å². The summed E-state index contributed by atoms with van der Waals surface area (Å²) in [5.74, 6) is 2.03. The van der Waals surface area contributed by atoms with Gasteiger partial charge in [0.05, 0.1) is 26.6 Å². The summed E-state index contributed by atoms with van der Waals surface area (Å²) in [5, 5.41) is 10.3. The van der Waals surface area contributed by atoms with E-state index >= 15 is 0 Å². The standard InChI is InChI=1S/C21H38BN2O5/c1-15(2)17(12-18(19(25)13-23)22-29-14-24)10-16-6-7-20(27-4)21(11-16)28-9-5-8-26-3/h6-7,11,15,17-19,25H,5,8-10,12-14,23-24H2,1-4H3/t17?,18-,19-/m0/s1. The van der Waals surface area contributed by atoms with E-state index < -0.39 is 6.10 Å². The molecular weight excluding hydrogens is 371 g/mol. The maximum Gasteiger partial charge on any atom is 0.300 e. The molecule has 0 heterocycles. The third-order valence-electron chi connectivity index (χ3n) is 5.10. The highest BCUT2D eigenvalue weighted by Crippen LogP contribution is 2.33. The van der Waals surface area contributed by atoms with Gasteiger partial charge in [0.2, 0.25) is 0 Å². The lowest BCUT2D eigenvalue weighted by Crippen LogP contribution is -2.32. The Kier molecular flexibility index (Phi) is 13.0. The SMILES string of the molecule is COCCCOc1cc(CC(C[C@H]([B]OCN)[C@@H](O)CN)C(C)C)ccc1OC. The molecular formula is C21H38BN2O5. The molecule has 1 aromatic rings. The van der Waals surface area contributed by atoms with Crippen LogP contribution < -0.4 is 20.9 Å². The lowest BCUT2D eigenvalue weighted by molar-refractivity contribution is 0.147. The zero-order chi connectivity index (χ0) is 21.6. The molecule has 0 fully saturated rings. The number of hydrogen-bond acceptors (Lipinski definition) is 7. The monoisotopic (exact) mass is 409 g/mol. The first-order valence-electron chi connectivity index (χ1n) is 10.3. The van der Waals surface area contributed by atoms with Gasteiger partial charge < -0.3 is 35.4 Å². The van der Waals surface area contributed by atoms with Crippen LogP contribution in [0.3, 0.4) is 0 Å². The molecule has 0 bridgehead atoms. The second kappa shape index (κ2) is 14.6. The highest BCUT2D eigenvalue weighted by Gasteiger charge is 2.26. The molecule has 1 radical (unpaired) electrons. The summed E-state index contributed by atoms with van der Waals surface area (Å²) >= 11 is 0. The van der Waals surface area contributed by atoms with Crippen LogP contribution in [0.2, 0.25) is 5.82 Å². The second-order valence-electron chi connectivity index (χ2n) is 7.56. The van der Waals surface area contributed by atoms with Crippen molar-refractivity contribution in [2.75, 3.05) is 40.7 Å². The lowest BCUT2D eigenvalue weighted by atomic mass is 9.68. The van der Waals surface area contributed by atoms with E-state index in [4.69, 9.17) is 30.3 Å². The zero-order valence-corrected chi connectivity index (χ0v) is 18.3. The largest absolute Gasteiger partial charge is 0.493 e. The van der Waals surface area contributed by atoms with Gasteiger partial charge in [-0.2, -0.15) is 0 Å². The number of rotatable bonds is 16. The van der Waals surface area contributed by atoms with Crippen LogP contribution in [0, 0.1) is 11.8 Å². The van der Waals surface area contributed by atoms with Crippen molar-refractivity contribution < 1.29 is 24.0 Å². The second-order valence-corrected chi connectivity index (χ2v) is 7.56. The van der Waals surface area contributed by atoms with Gasteiger partial charge in [-0.25, -0.2) is 0 Å². The molecule has 0 aliphatic carbocycles. The predicted molar refractivity (Wildman–Crippen MR) is 116 cm³/mol. The minimum absolute atomic E-state index is 0.0857. The molecule has 8 heteroatoms. The molecule has 1 aromatic carbocycles. The highest BCUT2D eigenvalue weighted by molar-refractivity contribution is 6.29. The Morgan fingerprint density at radius 1 is 1.10 bits per heavy atom. The topological polar surface area (TPSA) is 109 Å². The first-order valence-corrected chi connectivity index (χ1v) is 10.3. The third kappa shape index (κ3) is 9.36. The van der Waals surface area contributed by atoms with E-state index in [1.54, 1.807) is 21.7 Å². The van der Waals surface area contributed by atoms with Crippen LogP contribution in [0.15, 0.2) is 18.2 Å². The normalized spacial score (nSPS) is 14.5. The molecule has 0 aromatic heterocycles. The summed E-state index contributed by atoms with van der Waals surface area (Å²) in [4.78, 5) is 0. The minimum atomic E-state index is -0.654. The van der Waals surface area contributed by atoms with Gasteiger partial charge >= 0.3 is 0 Å². The molecule has 165 valence electrons. The van der Waals surface area contributed by atoms with Crippen LogP contribution >= 0.6 is 0 Å².